The molecule has 0 bridgehead atoms. The van der Waals surface area contributed by atoms with Crippen molar-refractivity contribution in [2.75, 3.05) is 0 Å². The number of carbonyl (C=O) groups excluding carboxylic acids is 2. The molecule has 0 radical (unpaired) electrons. The van der Waals surface area contributed by atoms with Crippen molar-refractivity contribution in [1.29, 1.82) is 0 Å². The highest BCUT2D eigenvalue weighted by Crippen LogP contribution is 2.29. The fourth-order valence-corrected chi connectivity index (χ4v) is 3.50. The largest absolute Gasteiger partial charge is 0.318 e. The van der Waals surface area contributed by atoms with Crippen LogP contribution in [0.4, 0.5) is 4.79 Å². The van der Waals surface area contributed by atoms with Gasteiger partial charge in [0.15, 0.2) is 0 Å². The molecule has 1 fully saturated rings. The maximum Gasteiger partial charge on any atom is 0.290 e. The molecule has 1 saturated heterocycles. The minimum atomic E-state index is -0.323. The van der Waals surface area contributed by atoms with Crippen molar-refractivity contribution >= 4 is 29.0 Å². The molecule has 4 nitrogen and oxygen atoms in total. The van der Waals surface area contributed by atoms with E-state index in [0.717, 1.165) is 34.4 Å². The van der Waals surface area contributed by atoms with Gasteiger partial charge in [-0.05, 0) is 74.4 Å². The lowest BCUT2D eigenvalue weighted by Gasteiger charge is -2.13. The fraction of sp³-hybridized carbons (Fsp3) is 0.222. The zero-order chi connectivity index (χ0) is 16.7. The zero-order valence-electron chi connectivity index (χ0n) is 13.6. The van der Waals surface area contributed by atoms with Gasteiger partial charge in [-0.25, -0.2) is 0 Å². The second-order valence-electron chi connectivity index (χ2n) is 5.80. The predicted molar refractivity (Wildman–Crippen MR) is 93.8 cm³/mol. The molecule has 1 aromatic carbocycles. The molecule has 1 aromatic heterocycles. The smallest absolute Gasteiger partial charge is 0.290 e. The van der Waals surface area contributed by atoms with Gasteiger partial charge in [0.2, 0.25) is 0 Å². The summed E-state index contributed by atoms with van der Waals surface area (Å²) in [6.07, 6.45) is 1.79. The second-order valence-corrected chi connectivity index (χ2v) is 6.82. The molecule has 2 aromatic rings. The molecule has 0 aliphatic carbocycles. The molecule has 5 heteroatoms. The summed E-state index contributed by atoms with van der Waals surface area (Å²) in [7, 11) is 0. The van der Waals surface area contributed by atoms with Crippen molar-refractivity contribution in [1.82, 2.24) is 9.88 Å². The third-order valence-electron chi connectivity index (χ3n) is 4.00. The number of thioether (sulfide) groups is 1. The Morgan fingerprint density at radius 2 is 1.83 bits per heavy atom. The molecule has 118 valence electrons. The SMILES string of the molecule is Cc1ccc(C)c(-n2c(C)cc(/C=C3\SC(=O)NC3=O)c2C)c1. The number of hydrogen-bond acceptors (Lipinski definition) is 3. The maximum absolute atomic E-state index is 11.7. The minimum absolute atomic E-state index is 0.315. The van der Waals surface area contributed by atoms with Crippen LogP contribution in [-0.2, 0) is 4.79 Å². The van der Waals surface area contributed by atoms with E-state index in [1.165, 1.54) is 11.1 Å². The van der Waals surface area contributed by atoms with Crippen LogP contribution >= 0.6 is 11.8 Å². The highest BCUT2D eigenvalue weighted by atomic mass is 32.2. The first-order valence-corrected chi connectivity index (χ1v) is 8.20. The van der Waals surface area contributed by atoms with E-state index in [1.807, 2.05) is 19.9 Å². The van der Waals surface area contributed by atoms with E-state index in [4.69, 9.17) is 0 Å². The van der Waals surface area contributed by atoms with Crippen LogP contribution in [0.15, 0.2) is 29.2 Å². The topological polar surface area (TPSA) is 51.1 Å². The number of imide groups is 1. The molecule has 1 aliphatic rings. The van der Waals surface area contributed by atoms with Gasteiger partial charge < -0.3 is 4.57 Å². The quantitative estimate of drug-likeness (QED) is 0.848. The third kappa shape index (κ3) is 2.84. The van der Waals surface area contributed by atoms with E-state index in [0.29, 0.717) is 4.91 Å². The molecule has 0 saturated carbocycles. The van der Waals surface area contributed by atoms with E-state index in [-0.39, 0.29) is 11.1 Å². The van der Waals surface area contributed by atoms with Gasteiger partial charge in [0.05, 0.1) is 4.91 Å². The van der Waals surface area contributed by atoms with Crippen LogP contribution in [0.2, 0.25) is 0 Å². The van der Waals surface area contributed by atoms with E-state index < -0.39 is 0 Å². The molecule has 23 heavy (non-hydrogen) atoms. The molecule has 2 heterocycles. The lowest BCUT2D eigenvalue weighted by atomic mass is 10.1. The van der Waals surface area contributed by atoms with E-state index in [2.05, 4.69) is 41.9 Å². The van der Waals surface area contributed by atoms with Crippen molar-refractivity contribution in [2.45, 2.75) is 27.7 Å². The summed E-state index contributed by atoms with van der Waals surface area (Å²) < 4.78 is 2.19. The average molecular weight is 326 g/mol. The Morgan fingerprint density at radius 1 is 1.09 bits per heavy atom. The number of aryl methyl sites for hydroxylation is 3. The Labute approximate surface area is 139 Å². The maximum atomic E-state index is 11.7. The van der Waals surface area contributed by atoms with Crippen LogP contribution in [-0.4, -0.2) is 15.7 Å². The zero-order valence-corrected chi connectivity index (χ0v) is 14.4. The standard InChI is InChI=1S/C18H18N2O2S/c1-10-5-6-11(2)15(7-10)20-12(3)8-14(13(20)4)9-16-17(21)19-18(22)23-16/h5-9H,1-4H3,(H,19,21,22)/b16-9-. The number of amides is 2. The van der Waals surface area contributed by atoms with Crippen molar-refractivity contribution < 1.29 is 9.59 Å². The van der Waals surface area contributed by atoms with Gasteiger partial charge in [-0.3, -0.25) is 14.9 Å². The van der Waals surface area contributed by atoms with E-state index in [1.54, 1.807) is 6.08 Å². The molecular weight excluding hydrogens is 308 g/mol. The van der Waals surface area contributed by atoms with Crippen molar-refractivity contribution in [2.24, 2.45) is 0 Å². The molecule has 2 amide bonds. The highest BCUT2D eigenvalue weighted by Gasteiger charge is 2.25. The summed E-state index contributed by atoms with van der Waals surface area (Å²) in [6, 6.07) is 8.41. The summed E-state index contributed by atoms with van der Waals surface area (Å²) >= 11 is 0.946. The normalized spacial score (nSPS) is 16.3. The molecule has 1 aliphatic heterocycles. The van der Waals surface area contributed by atoms with Crippen LogP contribution in [0.3, 0.4) is 0 Å². The van der Waals surface area contributed by atoms with Crippen LogP contribution in [0.5, 0.6) is 0 Å². The predicted octanol–water partition coefficient (Wildman–Crippen LogP) is 4.03. The number of rotatable bonds is 2. The number of aromatic nitrogens is 1. The molecule has 3 rings (SSSR count). The Balaban J connectivity index is 2.10. The van der Waals surface area contributed by atoms with Crippen molar-refractivity contribution in [3.05, 3.63) is 57.2 Å². The van der Waals surface area contributed by atoms with Crippen molar-refractivity contribution in [3.8, 4) is 5.69 Å². The number of benzene rings is 1. The summed E-state index contributed by atoms with van der Waals surface area (Å²) in [5.74, 6) is -0.323. The van der Waals surface area contributed by atoms with Crippen molar-refractivity contribution in [3.63, 3.8) is 0 Å². The summed E-state index contributed by atoms with van der Waals surface area (Å²) in [5.41, 5.74) is 6.64. The lowest BCUT2D eigenvalue weighted by molar-refractivity contribution is -0.115. The van der Waals surface area contributed by atoms with Crippen LogP contribution in [0.25, 0.3) is 11.8 Å². The third-order valence-corrected chi connectivity index (χ3v) is 4.82. The van der Waals surface area contributed by atoms with Gasteiger partial charge >= 0.3 is 0 Å². The van der Waals surface area contributed by atoms with E-state index >= 15 is 0 Å². The summed E-state index contributed by atoms with van der Waals surface area (Å²) in [4.78, 5) is 23.5. The average Bonchev–Trinajstić information content (AvgIpc) is 2.93. The first-order valence-electron chi connectivity index (χ1n) is 7.38. The molecule has 0 spiro atoms. The summed E-state index contributed by atoms with van der Waals surface area (Å²) in [6.45, 7) is 8.24. The molecule has 1 N–H and O–H groups in total. The summed E-state index contributed by atoms with van der Waals surface area (Å²) in [5, 5.41) is 1.97. The van der Waals surface area contributed by atoms with Gasteiger partial charge in [-0.1, -0.05) is 12.1 Å². The fourth-order valence-electron chi connectivity index (χ4n) is 2.83. The Hall–Kier alpha value is -2.27. The number of hydrogen-bond donors (Lipinski definition) is 1. The van der Waals surface area contributed by atoms with Crippen LogP contribution < -0.4 is 5.32 Å². The highest BCUT2D eigenvalue weighted by molar-refractivity contribution is 8.18. The second kappa shape index (κ2) is 5.74. The Kier molecular flexibility index (Phi) is 3.90. The van der Waals surface area contributed by atoms with Crippen LogP contribution in [0.1, 0.15) is 28.1 Å². The number of carbonyl (C=O) groups is 2. The first-order chi connectivity index (χ1) is 10.9. The number of nitrogens with one attached hydrogen (secondary N) is 1. The van der Waals surface area contributed by atoms with Gasteiger partial charge in [0.25, 0.3) is 11.1 Å². The Morgan fingerprint density at radius 3 is 2.48 bits per heavy atom. The Bertz CT molecular complexity index is 862. The van der Waals surface area contributed by atoms with E-state index in [9.17, 15) is 9.59 Å². The molecule has 0 atom stereocenters. The molecular formula is C18H18N2O2S. The lowest BCUT2D eigenvalue weighted by Crippen LogP contribution is -2.17. The van der Waals surface area contributed by atoms with Gasteiger partial charge in [0.1, 0.15) is 0 Å². The van der Waals surface area contributed by atoms with Gasteiger partial charge in [0, 0.05) is 17.1 Å². The van der Waals surface area contributed by atoms with Crippen LogP contribution in [0, 0.1) is 27.7 Å². The van der Waals surface area contributed by atoms with Gasteiger partial charge in [-0.2, -0.15) is 0 Å². The monoisotopic (exact) mass is 326 g/mol. The first kappa shape index (κ1) is 15.6. The number of nitrogens with zero attached hydrogens (tertiary/aromatic N) is 1. The van der Waals surface area contributed by atoms with Gasteiger partial charge in [-0.15, -0.1) is 0 Å². The molecule has 0 unspecified atom stereocenters. The minimum Gasteiger partial charge on any atom is -0.318 e.